The number of allylic oxidation sites excluding steroid dienone is 4. The lowest BCUT2D eigenvalue weighted by atomic mass is 10.1. The van der Waals surface area contributed by atoms with E-state index < -0.39 is 11.7 Å². The van der Waals surface area contributed by atoms with Crippen LogP contribution in [0, 0.1) is 23.7 Å². The molecule has 12 heavy (non-hydrogen) atoms. The van der Waals surface area contributed by atoms with Crippen LogP contribution in [0.15, 0.2) is 23.8 Å². The van der Waals surface area contributed by atoms with Crippen LogP contribution in [0.4, 0.5) is 8.78 Å². The van der Waals surface area contributed by atoms with Crippen LogP contribution in [-0.2, 0) is 0 Å². The van der Waals surface area contributed by atoms with E-state index in [1.807, 2.05) is 0 Å². The van der Waals surface area contributed by atoms with Crippen molar-refractivity contribution in [2.24, 2.45) is 11.8 Å². The zero-order valence-corrected chi connectivity index (χ0v) is 6.48. The Bertz CT molecular complexity index is 310. The quantitative estimate of drug-likeness (QED) is 0.525. The molecule has 0 saturated heterocycles. The van der Waals surface area contributed by atoms with Gasteiger partial charge >= 0.3 is 0 Å². The third-order valence-electron chi connectivity index (χ3n) is 2.14. The Morgan fingerprint density at radius 2 is 2.08 bits per heavy atom. The molecule has 0 radical (unpaired) electrons. The van der Waals surface area contributed by atoms with Crippen LogP contribution >= 0.6 is 0 Å². The van der Waals surface area contributed by atoms with Gasteiger partial charge in [-0.05, 0) is 30.8 Å². The topological polar surface area (TPSA) is 0 Å². The first-order chi connectivity index (χ1) is 5.77. The first-order valence-electron chi connectivity index (χ1n) is 4.02. The van der Waals surface area contributed by atoms with Crippen LogP contribution in [0.25, 0.3) is 0 Å². The van der Waals surface area contributed by atoms with Gasteiger partial charge in [-0.15, -0.1) is 0 Å². The third kappa shape index (κ3) is 1.40. The van der Waals surface area contributed by atoms with Crippen LogP contribution < -0.4 is 0 Å². The molecule has 2 aliphatic carbocycles. The fourth-order valence-electron chi connectivity index (χ4n) is 1.25. The maximum Gasteiger partial charge on any atom is 0.208 e. The van der Waals surface area contributed by atoms with Gasteiger partial charge in [0.1, 0.15) is 0 Å². The molecule has 0 N–H and O–H groups in total. The third-order valence-corrected chi connectivity index (χ3v) is 2.14. The molecule has 0 heterocycles. The minimum absolute atomic E-state index is 0.0593. The Kier molecular flexibility index (Phi) is 1.73. The summed E-state index contributed by atoms with van der Waals surface area (Å²) in [6.45, 7) is 0. The Balaban J connectivity index is 2.21. The Labute approximate surface area is 70.0 Å². The van der Waals surface area contributed by atoms with Crippen molar-refractivity contribution >= 4 is 0 Å². The summed E-state index contributed by atoms with van der Waals surface area (Å²) in [7, 11) is 0. The summed E-state index contributed by atoms with van der Waals surface area (Å²) in [5.41, 5.74) is 0. The fraction of sp³-hybridized carbons (Fsp3) is 0.400. The summed E-state index contributed by atoms with van der Waals surface area (Å²) >= 11 is 0. The van der Waals surface area contributed by atoms with Crippen molar-refractivity contribution < 1.29 is 8.78 Å². The molecular formula is C10H8F2. The standard InChI is InChI=1S/C10H8F2/c11-9-5-3-8(7-1-2-7)4-6-10(9)12/h3,5,7-8H,1-2H2. The van der Waals surface area contributed by atoms with Crippen molar-refractivity contribution in [1.82, 2.24) is 0 Å². The van der Waals surface area contributed by atoms with E-state index in [9.17, 15) is 8.78 Å². The van der Waals surface area contributed by atoms with E-state index >= 15 is 0 Å². The molecule has 0 aromatic rings. The molecule has 0 spiro atoms. The van der Waals surface area contributed by atoms with Gasteiger partial charge in [0.25, 0.3) is 0 Å². The lowest BCUT2D eigenvalue weighted by Gasteiger charge is -1.98. The molecule has 0 bridgehead atoms. The smallest absolute Gasteiger partial charge is 0.203 e. The van der Waals surface area contributed by atoms with Gasteiger partial charge in [-0.25, -0.2) is 4.39 Å². The van der Waals surface area contributed by atoms with Crippen LogP contribution in [0.5, 0.6) is 0 Å². The molecule has 0 aromatic carbocycles. The Hall–Kier alpha value is -1.10. The van der Waals surface area contributed by atoms with Crippen molar-refractivity contribution in [3.63, 3.8) is 0 Å². The second-order valence-corrected chi connectivity index (χ2v) is 3.15. The second-order valence-electron chi connectivity index (χ2n) is 3.15. The highest BCUT2D eigenvalue weighted by atomic mass is 19.2. The van der Waals surface area contributed by atoms with Gasteiger partial charge < -0.3 is 0 Å². The number of rotatable bonds is 1. The van der Waals surface area contributed by atoms with Crippen molar-refractivity contribution in [2.75, 3.05) is 0 Å². The highest BCUT2D eigenvalue weighted by Crippen LogP contribution is 2.38. The molecule has 0 nitrogen and oxygen atoms in total. The molecule has 2 heteroatoms. The molecule has 1 saturated carbocycles. The van der Waals surface area contributed by atoms with Crippen molar-refractivity contribution in [3.8, 4) is 11.8 Å². The van der Waals surface area contributed by atoms with Crippen LogP contribution in [0.1, 0.15) is 12.8 Å². The van der Waals surface area contributed by atoms with Gasteiger partial charge in [-0.2, -0.15) is 4.39 Å². The SMILES string of the molecule is FC1=C(F)C=CC(C2CC2)C#C1. The summed E-state index contributed by atoms with van der Waals surface area (Å²) in [4.78, 5) is 0. The van der Waals surface area contributed by atoms with Gasteiger partial charge in [-0.1, -0.05) is 12.0 Å². The zero-order valence-electron chi connectivity index (χ0n) is 6.48. The van der Waals surface area contributed by atoms with E-state index in [0.717, 1.165) is 12.8 Å². The lowest BCUT2D eigenvalue weighted by Crippen LogP contribution is -1.93. The van der Waals surface area contributed by atoms with E-state index in [1.165, 1.54) is 6.08 Å². The number of halogens is 2. The van der Waals surface area contributed by atoms with Gasteiger partial charge in [0.05, 0.1) is 0 Å². The number of hydrogen-bond acceptors (Lipinski definition) is 0. The summed E-state index contributed by atoms with van der Waals surface area (Å²) in [6, 6.07) is 0. The van der Waals surface area contributed by atoms with E-state index in [-0.39, 0.29) is 5.92 Å². The predicted molar refractivity (Wildman–Crippen MR) is 42.4 cm³/mol. The zero-order chi connectivity index (χ0) is 8.55. The molecule has 1 atom stereocenters. The molecule has 1 unspecified atom stereocenters. The molecule has 0 amide bonds. The first-order valence-corrected chi connectivity index (χ1v) is 4.02. The van der Waals surface area contributed by atoms with E-state index in [4.69, 9.17) is 0 Å². The molecule has 0 aliphatic heterocycles. The maximum atomic E-state index is 12.6. The molecule has 2 aliphatic rings. The maximum absolute atomic E-state index is 12.6. The highest BCUT2D eigenvalue weighted by Gasteiger charge is 2.28. The summed E-state index contributed by atoms with van der Waals surface area (Å²) in [5.74, 6) is 3.72. The van der Waals surface area contributed by atoms with Crippen molar-refractivity contribution in [3.05, 3.63) is 23.8 Å². The van der Waals surface area contributed by atoms with Crippen LogP contribution in [0.3, 0.4) is 0 Å². The summed E-state index contributed by atoms with van der Waals surface area (Å²) in [6.07, 6.45) is 5.09. The highest BCUT2D eigenvalue weighted by molar-refractivity contribution is 5.36. The molecule has 2 rings (SSSR count). The average molecular weight is 166 g/mol. The number of hydrogen-bond donors (Lipinski definition) is 0. The summed E-state index contributed by atoms with van der Waals surface area (Å²) < 4.78 is 25.2. The largest absolute Gasteiger partial charge is 0.208 e. The monoisotopic (exact) mass is 166 g/mol. The normalized spacial score (nSPS) is 28.0. The second kappa shape index (κ2) is 2.75. The Morgan fingerprint density at radius 1 is 1.33 bits per heavy atom. The van der Waals surface area contributed by atoms with Crippen LogP contribution in [-0.4, -0.2) is 0 Å². The molecular weight excluding hydrogens is 158 g/mol. The summed E-state index contributed by atoms with van der Waals surface area (Å²) in [5, 5.41) is 0. The first kappa shape index (κ1) is 7.54. The van der Waals surface area contributed by atoms with E-state index in [0.29, 0.717) is 5.92 Å². The van der Waals surface area contributed by atoms with Gasteiger partial charge in [0, 0.05) is 5.92 Å². The van der Waals surface area contributed by atoms with Crippen LogP contribution in [0.2, 0.25) is 0 Å². The van der Waals surface area contributed by atoms with Gasteiger partial charge in [0.2, 0.25) is 5.83 Å². The molecule has 0 aromatic heterocycles. The molecule has 62 valence electrons. The minimum Gasteiger partial charge on any atom is -0.203 e. The fourth-order valence-corrected chi connectivity index (χ4v) is 1.25. The lowest BCUT2D eigenvalue weighted by molar-refractivity contribution is 0.579. The van der Waals surface area contributed by atoms with Gasteiger partial charge in [-0.3, -0.25) is 0 Å². The molecule has 1 fully saturated rings. The predicted octanol–water partition coefficient (Wildman–Crippen LogP) is 2.74. The minimum atomic E-state index is -0.936. The van der Waals surface area contributed by atoms with E-state index in [1.54, 1.807) is 6.08 Å². The van der Waals surface area contributed by atoms with Crippen molar-refractivity contribution in [1.29, 1.82) is 0 Å². The van der Waals surface area contributed by atoms with E-state index in [2.05, 4.69) is 11.8 Å². The van der Waals surface area contributed by atoms with Crippen molar-refractivity contribution in [2.45, 2.75) is 12.8 Å². The van der Waals surface area contributed by atoms with Gasteiger partial charge in [0.15, 0.2) is 5.83 Å². The Morgan fingerprint density at radius 3 is 2.75 bits per heavy atom. The average Bonchev–Trinajstić information content (AvgIpc) is 2.84.